The lowest BCUT2D eigenvalue weighted by Gasteiger charge is -2.35. The summed E-state index contributed by atoms with van der Waals surface area (Å²) in [6.45, 7) is 67.8. The molecule has 6 heterocycles. The van der Waals surface area contributed by atoms with Crippen molar-refractivity contribution in [2.75, 3.05) is 120 Å². The summed E-state index contributed by atoms with van der Waals surface area (Å²) in [5.74, 6) is 12.4. The number of carbonyl (C=O) groups is 1. The monoisotopic (exact) mass is 1580 g/mol. The first-order valence-electron chi connectivity index (χ1n) is 41.5. The molecule has 6 saturated heterocycles. The molecule has 2 aliphatic carbocycles. The maximum absolute atomic E-state index is 12.2. The van der Waals surface area contributed by atoms with Gasteiger partial charge in [-0.05, 0) is 252 Å². The quantitative estimate of drug-likeness (QED) is 0.140. The van der Waals surface area contributed by atoms with Crippen molar-refractivity contribution >= 4 is 53.3 Å². The smallest absolute Gasteiger partial charge is 0.236 e. The third-order valence-corrected chi connectivity index (χ3v) is 25.1. The number of aliphatic hydroxyl groups is 3. The topological polar surface area (TPSA) is 174 Å². The van der Waals surface area contributed by atoms with Gasteiger partial charge in [0.05, 0.1) is 54.5 Å². The number of halogens is 1. The molecular weight excluding hydrogens is 1410 g/mol. The van der Waals surface area contributed by atoms with Crippen LogP contribution in [0.15, 0.2) is 0 Å². The molecule has 1 amide bonds. The van der Waals surface area contributed by atoms with Crippen LogP contribution in [0.2, 0.25) is 0 Å². The number of ether oxygens (including phenoxy) is 2. The fourth-order valence-corrected chi connectivity index (χ4v) is 20.2. The van der Waals surface area contributed by atoms with Gasteiger partial charge in [-0.15, -0.1) is 0 Å². The maximum Gasteiger partial charge on any atom is 0.236 e. The van der Waals surface area contributed by atoms with Crippen LogP contribution in [0.25, 0.3) is 0 Å². The molecule has 0 aromatic rings. The number of amides is 1. The Kier molecular flexibility index (Phi) is 50.8. The Hall–Kier alpha value is -0.0800. The molecule has 3 N–H and O–H groups in total. The second-order valence-corrected chi connectivity index (χ2v) is 48.9. The third kappa shape index (κ3) is 64.2. The van der Waals surface area contributed by atoms with E-state index in [-0.39, 0.29) is 16.9 Å². The van der Waals surface area contributed by atoms with Crippen LogP contribution in [-0.4, -0.2) is 189 Å². The zero-order chi connectivity index (χ0) is 79.3. The largest absolute Gasteiger partial charge is 0.396 e. The molecular formula is C86H174BrN3O10S3. The van der Waals surface area contributed by atoms with Crippen LogP contribution in [0.5, 0.6) is 0 Å². The number of aliphatic hydroxyl groups excluding tert-OH is 2. The lowest BCUT2D eigenvalue weighted by Crippen LogP contribution is -2.47. The summed E-state index contributed by atoms with van der Waals surface area (Å²) >= 11 is 5.82. The highest BCUT2D eigenvalue weighted by Crippen LogP contribution is 2.39. The number of carbonyl (C=O) groups excluding carboxylic acids is 1. The lowest BCUT2D eigenvalue weighted by molar-refractivity contribution is -0.134. The highest BCUT2D eigenvalue weighted by atomic mass is 79.9. The van der Waals surface area contributed by atoms with Crippen LogP contribution in [0.4, 0.5) is 0 Å². The predicted octanol–water partition coefficient (Wildman–Crippen LogP) is 20.4. The molecule has 8 fully saturated rings. The van der Waals surface area contributed by atoms with Crippen molar-refractivity contribution in [1.29, 1.82) is 0 Å². The number of alkyl halides is 1. The molecule has 17 heteroatoms. The van der Waals surface area contributed by atoms with E-state index in [0.717, 1.165) is 156 Å². The summed E-state index contributed by atoms with van der Waals surface area (Å²) in [5.41, 5.74) is 1.60. The first kappa shape index (κ1) is 103. The van der Waals surface area contributed by atoms with Crippen molar-refractivity contribution in [3.63, 3.8) is 0 Å². The Morgan fingerprint density at radius 3 is 1.19 bits per heavy atom. The molecule has 0 radical (unpaired) electrons. The summed E-state index contributed by atoms with van der Waals surface area (Å²) in [4.78, 5) is 19.6. The van der Waals surface area contributed by atoms with Gasteiger partial charge in [-0.3, -0.25) is 9.69 Å². The average molecular weight is 1590 g/mol. The van der Waals surface area contributed by atoms with E-state index in [4.69, 9.17) is 19.7 Å². The molecule has 0 unspecified atom stereocenters. The summed E-state index contributed by atoms with van der Waals surface area (Å²) in [5, 5.41) is 26.8. The van der Waals surface area contributed by atoms with E-state index in [2.05, 4.69) is 209 Å². The van der Waals surface area contributed by atoms with E-state index in [1.54, 1.807) is 0 Å². The van der Waals surface area contributed by atoms with Crippen LogP contribution in [0.3, 0.4) is 0 Å². The molecule has 8 rings (SSSR count). The minimum atomic E-state index is -2.71. The molecule has 6 aliphatic heterocycles. The van der Waals surface area contributed by atoms with Crippen LogP contribution in [-0.2, 0) is 33.9 Å². The van der Waals surface area contributed by atoms with Crippen LogP contribution >= 0.6 is 27.7 Å². The van der Waals surface area contributed by atoms with Gasteiger partial charge in [-0.1, -0.05) is 182 Å². The summed E-state index contributed by atoms with van der Waals surface area (Å²) in [7, 11) is -5.38. The van der Waals surface area contributed by atoms with E-state index in [1.165, 1.54) is 108 Å². The van der Waals surface area contributed by atoms with E-state index >= 15 is 0 Å². The van der Waals surface area contributed by atoms with E-state index in [0.29, 0.717) is 82.7 Å². The number of hydrogen-bond donors (Lipinski definition) is 3. The molecule has 103 heavy (non-hydrogen) atoms. The van der Waals surface area contributed by atoms with Crippen molar-refractivity contribution in [3.05, 3.63) is 0 Å². The highest BCUT2D eigenvalue weighted by Gasteiger charge is 2.32. The molecule has 0 atom stereocenters. The number of piperidine rings is 1. The van der Waals surface area contributed by atoms with Gasteiger partial charge in [0, 0.05) is 70.5 Å². The highest BCUT2D eigenvalue weighted by molar-refractivity contribution is 9.09. The van der Waals surface area contributed by atoms with E-state index < -0.39 is 25.3 Å². The molecule has 618 valence electrons. The first-order valence-corrected chi connectivity index (χ1v) is 47.2. The molecule has 8 aliphatic rings. The van der Waals surface area contributed by atoms with Gasteiger partial charge in [-0.25, -0.2) is 16.8 Å². The molecule has 0 spiro atoms. The van der Waals surface area contributed by atoms with Crippen molar-refractivity contribution in [1.82, 2.24) is 14.7 Å². The molecule has 0 bridgehead atoms. The molecule has 2 saturated carbocycles. The SMILES string of the molecule is CC(C)(C)CC(C)(C)O.CC(C)(C)CC1CC(O)C1.CC(C)(C)CC1CCC(Br)CC1.CC(C)(C)CC1CCS(=O)(=O)CC1.CC(C)(C)CCO.CC(C)(C)CN1CCS(=O)(=O)CC1.CC(C)CC1CCN(C(=O)CN2CCOCC2)CC1.CC(C)CC1CCOCC1.CC(C)CC1CCSCC1. The lowest BCUT2D eigenvalue weighted by atomic mass is 9.73. The second-order valence-electron chi connectivity index (χ2n) is 41.8. The Morgan fingerprint density at radius 2 is 0.845 bits per heavy atom. The molecule has 0 aromatic heterocycles. The van der Waals surface area contributed by atoms with Crippen molar-refractivity contribution < 1.29 is 46.4 Å². The van der Waals surface area contributed by atoms with Crippen molar-refractivity contribution in [2.45, 2.75) is 338 Å². The minimum Gasteiger partial charge on any atom is -0.396 e. The molecule has 0 aromatic carbocycles. The normalized spacial score (nSPS) is 23.7. The van der Waals surface area contributed by atoms with Crippen molar-refractivity contribution in [3.8, 4) is 0 Å². The maximum atomic E-state index is 12.2. The van der Waals surface area contributed by atoms with Gasteiger partial charge in [0.15, 0.2) is 9.84 Å². The Morgan fingerprint density at radius 1 is 0.456 bits per heavy atom. The Labute approximate surface area is 653 Å². The van der Waals surface area contributed by atoms with Crippen LogP contribution < -0.4 is 0 Å². The Bertz CT molecular complexity index is 2220. The number of morpholine rings is 1. The number of likely N-dealkylation sites (tertiary alicyclic amines) is 1. The number of thioether (sulfide) groups is 1. The second kappa shape index (κ2) is 50.8. The summed E-state index contributed by atoms with van der Waals surface area (Å²) in [6, 6.07) is 0. The third-order valence-electron chi connectivity index (χ3n) is 19.8. The number of sulfone groups is 2. The summed E-state index contributed by atoms with van der Waals surface area (Å²) in [6.07, 6.45) is 27.1. The zero-order valence-electron chi connectivity index (χ0n) is 72.5. The fraction of sp³-hybridized carbons (Fsp3) is 0.988. The molecule has 13 nitrogen and oxygen atoms in total. The Balaban J connectivity index is 0.00000115. The number of nitrogens with zero attached hydrogens (tertiary/aromatic N) is 3. The van der Waals surface area contributed by atoms with Crippen LogP contribution in [0, 0.1) is 85.8 Å². The van der Waals surface area contributed by atoms with Gasteiger partial charge >= 0.3 is 0 Å². The fourth-order valence-electron chi connectivity index (χ4n) is 15.6. The minimum absolute atomic E-state index is 0.0207. The van der Waals surface area contributed by atoms with Gasteiger partial charge in [0.2, 0.25) is 5.91 Å². The van der Waals surface area contributed by atoms with Crippen molar-refractivity contribution in [2.24, 2.45) is 85.8 Å². The predicted molar refractivity (Wildman–Crippen MR) is 452 cm³/mol. The number of rotatable bonds is 14. The van der Waals surface area contributed by atoms with Gasteiger partial charge in [0.1, 0.15) is 9.84 Å². The van der Waals surface area contributed by atoms with E-state index in [9.17, 15) is 26.7 Å². The standard InChI is InChI=1S/C15H28N2O2.C11H21Br.C10H20O2S.C9H19NO2S.2C9H18O.C9H18S.C8H18O.C6H14O/c1-13(2)11-14-3-5-17(6-4-14)15(18)12-16-7-9-19-10-8-16;1-11(2,3)8-9-4-6-10(12)7-5-9;1-10(2,3)8-9-4-6-13(11,12)7-5-9;1-9(2,3)8-10-4-6-13(11,12)7-5-10;1-9(2,3)6-7-4-8(10)5-7;2*1-8(2)7-9-3-5-10-6-4-9;1-7(2,3)6-8(4,5)9;1-6(2,3)4-5-7/h13-14H,3-12H2,1-2H3;9-10H,4-8H2,1-3H3;9H,4-8H2,1-3H3;4-8H2,1-3H3;7-8,10H,4-6H2,1-3H3;2*8-9H,3-7H2,1-2H3;9H,6H2,1-5H3;7H,4-5H2,1-3H3. The summed E-state index contributed by atoms with van der Waals surface area (Å²) < 4.78 is 55.2. The average Bonchev–Trinajstić information content (AvgIpc) is 0.878. The van der Waals surface area contributed by atoms with Gasteiger partial charge in [0.25, 0.3) is 0 Å². The number of hydrogen-bond acceptors (Lipinski definition) is 13. The zero-order valence-corrected chi connectivity index (χ0v) is 76.5. The van der Waals surface area contributed by atoms with Gasteiger partial charge < -0.3 is 34.6 Å². The van der Waals surface area contributed by atoms with Gasteiger partial charge in [-0.2, -0.15) is 11.8 Å². The van der Waals surface area contributed by atoms with E-state index in [1.807, 2.05) is 13.8 Å². The first-order chi connectivity index (χ1) is 47.0. The van der Waals surface area contributed by atoms with Crippen LogP contribution in [0.1, 0.15) is 321 Å².